The molecule has 0 radical (unpaired) electrons. The summed E-state index contributed by atoms with van der Waals surface area (Å²) in [5.41, 5.74) is 0. The largest absolute Gasteiger partial charge is 0.396 e. The Morgan fingerprint density at radius 1 is 1.42 bits per heavy atom. The minimum absolute atomic E-state index is 0.141. The maximum atomic E-state index is 9.61. The lowest BCUT2D eigenvalue weighted by Crippen LogP contribution is -2.31. The van der Waals surface area contributed by atoms with Gasteiger partial charge in [0.25, 0.3) is 0 Å². The summed E-state index contributed by atoms with van der Waals surface area (Å²) >= 11 is 0. The summed E-state index contributed by atoms with van der Waals surface area (Å²) in [6.45, 7) is 4.42. The third kappa shape index (κ3) is 2.20. The normalized spacial score (nSPS) is 39.5. The van der Waals surface area contributed by atoms with Crippen LogP contribution in [-0.2, 0) is 0 Å². The molecule has 2 N–H and O–H groups in total. The van der Waals surface area contributed by atoms with Crippen molar-refractivity contribution in [2.45, 2.75) is 39.2 Å². The van der Waals surface area contributed by atoms with Crippen molar-refractivity contribution in [3.8, 4) is 0 Å². The Hall–Kier alpha value is -0.0800. The average Bonchev–Trinajstić information content (AvgIpc) is 2.08. The van der Waals surface area contributed by atoms with E-state index in [1.54, 1.807) is 0 Å². The van der Waals surface area contributed by atoms with E-state index in [-0.39, 0.29) is 12.7 Å². The van der Waals surface area contributed by atoms with Gasteiger partial charge in [0.15, 0.2) is 0 Å². The van der Waals surface area contributed by atoms with E-state index in [1.807, 2.05) is 0 Å². The molecule has 12 heavy (non-hydrogen) atoms. The first kappa shape index (κ1) is 10.0. The molecule has 2 heteroatoms. The van der Waals surface area contributed by atoms with Gasteiger partial charge in [-0.3, -0.25) is 0 Å². The standard InChI is InChI=1S/C10H20O2/c1-7-3-4-9(5-10(7)12)8(2)6-11/h7-12H,3-6H2,1-2H3/t7-,8-,9-,10-/m0/s1. The molecule has 1 aliphatic carbocycles. The van der Waals surface area contributed by atoms with Gasteiger partial charge in [-0.1, -0.05) is 13.8 Å². The fourth-order valence-electron chi connectivity index (χ4n) is 2.00. The SMILES string of the molecule is C[C@@H](CO)[C@H]1CC[C@H](C)[C@@H](O)C1. The Morgan fingerprint density at radius 3 is 2.58 bits per heavy atom. The highest BCUT2D eigenvalue weighted by Gasteiger charge is 2.28. The summed E-state index contributed by atoms with van der Waals surface area (Å²) in [6.07, 6.45) is 3.01. The lowest BCUT2D eigenvalue weighted by molar-refractivity contribution is 0.0288. The Kier molecular flexibility index (Phi) is 3.53. The van der Waals surface area contributed by atoms with Crippen molar-refractivity contribution in [3.63, 3.8) is 0 Å². The zero-order valence-electron chi connectivity index (χ0n) is 8.03. The van der Waals surface area contributed by atoms with Gasteiger partial charge in [-0.05, 0) is 37.0 Å². The highest BCUT2D eigenvalue weighted by molar-refractivity contribution is 4.79. The summed E-state index contributed by atoms with van der Waals surface area (Å²) in [5, 5.41) is 18.6. The highest BCUT2D eigenvalue weighted by Crippen LogP contribution is 2.33. The quantitative estimate of drug-likeness (QED) is 0.661. The van der Waals surface area contributed by atoms with E-state index in [4.69, 9.17) is 5.11 Å². The van der Waals surface area contributed by atoms with Crippen molar-refractivity contribution in [1.82, 2.24) is 0 Å². The molecule has 1 rings (SSSR count). The van der Waals surface area contributed by atoms with E-state index in [0.717, 1.165) is 12.8 Å². The Labute approximate surface area is 74.6 Å². The maximum Gasteiger partial charge on any atom is 0.0568 e. The molecule has 0 unspecified atom stereocenters. The van der Waals surface area contributed by atoms with Crippen LogP contribution in [0.3, 0.4) is 0 Å². The average molecular weight is 172 g/mol. The van der Waals surface area contributed by atoms with Crippen molar-refractivity contribution in [2.24, 2.45) is 17.8 Å². The molecule has 0 amide bonds. The molecule has 0 bridgehead atoms. The van der Waals surface area contributed by atoms with Crippen molar-refractivity contribution in [1.29, 1.82) is 0 Å². The highest BCUT2D eigenvalue weighted by atomic mass is 16.3. The molecule has 0 saturated heterocycles. The topological polar surface area (TPSA) is 40.5 Å². The van der Waals surface area contributed by atoms with Crippen LogP contribution in [0.25, 0.3) is 0 Å². The van der Waals surface area contributed by atoms with Gasteiger partial charge < -0.3 is 10.2 Å². The number of rotatable bonds is 2. The molecule has 0 aromatic heterocycles. The van der Waals surface area contributed by atoms with Crippen molar-refractivity contribution in [2.75, 3.05) is 6.61 Å². The Morgan fingerprint density at radius 2 is 2.08 bits per heavy atom. The number of aliphatic hydroxyl groups excluding tert-OH is 2. The van der Waals surface area contributed by atoms with Crippen LogP contribution in [0.5, 0.6) is 0 Å². The summed E-state index contributed by atoms with van der Waals surface area (Å²) in [6, 6.07) is 0. The molecule has 0 heterocycles. The smallest absolute Gasteiger partial charge is 0.0568 e. The van der Waals surface area contributed by atoms with Gasteiger partial charge in [-0.15, -0.1) is 0 Å². The monoisotopic (exact) mass is 172 g/mol. The molecule has 2 nitrogen and oxygen atoms in total. The molecular weight excluding hydrogens is 152 g/mol. The van der Waals surface area contributed by atoms with Crippen LogP contribution < -0.4 is 0 Å². The predicted molar refractivity (Wildman–Crippen MR) is 48.8 cm³/mol. The molecule has 0 aromatic carbocycles. The van der Waals surface area contributed by atoms with Crippen LogP contribution in [0.2, 0.25) is 0 Å². The molecular formula is C10H20O2. The second-order valence-corrected chi connectivity index (χ2v) is 4.28. The molecule has 0 spiro atoms. The minimum atomic E-state index is -0.141. The van der Waals surface area contributed by atoms with E-state index in [0.29, 0.717) is 17.8 Å². The van der Waals surface area contributed by atoms with E-state index < -0.39 is 0 Å². The molecule has 1 fully saturated rings. The van der Waals surface area contributed by atoms with Gasteiger partial charge in [0.1, 0.15) is 0 Å². The zero-order chi connectivity index (χ0) is 9.14. The lowest BCUT2D eigenvalue weighted by Gasteiger charge is -2.33. The molecule has 1 aliphatic rings. The van der Waals surface area contributed by atoms with Crippen LogP contribution in [-0.4, -0.2) is 22.9 Å². The lowest BCUT2D eigenvalue weighted by atomic mass is 9.75. The van der Waals surface area contributed by atoms with E-state index >= 15 is 0 Å². The van der Waals surface area contributed by atoms with Gasteiger partial charge in [-0.25, -0.2) is 0 Å². The third-order valence-electron chi connectivity index (χ3n) is 3.29. The van der Waals surface area contributed by atoms with E-state index in [2.05, 4.69) is 13.8 Å². The second-order valence-electron chi connectivity index (χ2n) is 4.28. The second kappa shape index (κ2) is 4.24. The zero-order valence-corrected chi connectivity index (χ0v) is 8.03. The van der Waals surface area contributed by atoms with Gasteiger partial charge in [-0.2, -0.15) is 0 Å². The summed E-state index contributed by atoms with van der Waals surface area (Å²) in [7, 11) is 0. The predicted octanol–water partition coefficient (Wildman–Crippen LogP) is 1.41. The Bertz CT molecular complexity index is 136. The van der Waals surface area contributed by atoms with Crippen LogP contribution >= 0.6 is 0 Å². The summed E-state index contributed by atoms with van der Waals surface area (Å²) in [4.78, 5) is 0. The van der Waals surface area contributed by atoms with E-state index in [1.165, 1.54) is 6.42 Å². The van der Waals surface area contributed by atoms with Gasteiger partial charge in [0.05, 0.1) is 6.10 Å². The van der Waals surface area contributed by atoms with Crippen molar-refractivity contribution < 1.29 is 10.2 Å². The first-order valence-corrected chi connectivity index (χ1v) is 4.94. The van der Waals surface area contributed by atoms with Crippen LogP contribution in [0, 0.1) is 17.8 Å². The summed E-state index contributed by atoms with van der Waals surface area (Å²) in [5.74, 6) is 1.33. The molecule has 72 valence electrons. The number of hydrogen-bond acceptors (Lipinski definition) is 2. The number of aliphatic hydroxyl groups is 2. The molecule has 0 aliphatic heterocycles. The number of hydrogen-bond donors (Lipinski definition) is 2. The first-order chi connectivity index (χ1) is 5.65. The fourth-order valence-corrected chi connectivity index (χ4v) is 2.00. The summed E-state index contributed by atoms with van der Waals surface area (Å²) < 4.78 is 0. The maximum absolute atomic E-state index is 9.61. The van der Waals surface area contributed by atoms with Crippen molar-refractivity contribution in [3.05, 3.63) is 0 Å². The fraction of sp³-hybridized carbons (Fsp3) is 1.00. The molecule has 4 atom stereocenters. The van der Waals surface area contributed by atoms with Crippen LogP contribution in [0.15, 0.2) is 0 Å². The third-order valence-corrected chi connectivity index (χ3v) is 3.29. The minimum Gasteiger partial charge on any atom is -0.396 e. The van der Waals surface area contributed by atoms with Crippen molar-refractivity contribution >= 4 is 0 Å². The van der Waals surface area contributed by atoms with Gasteiger partial charge in [0.2, 0.25) is 0 Å². The molecule has 0 aromatic rings. The first-order valence-electron chi connectivity index (χ1n) is 4.94. The van der Waals surface area contributed by atoms with Gasteiger partial charge >= 0.3 is 0 Å². The van der Waals surface area contributed by atoms with Crippen LogP contribution in [0.4, 0.5) is 0 Å². The molecule has 1 saturated carbocycles. The van der Waals surface area contributed by atoms with Crippen LogP contribution in [0.1, 0.15) is 33.1 Å². The van der Waals surface area contributed by atoms with Gasteiger partial charge in [0, 0.05) is 6.61 Å². The Balaban J connectivity index is 2.39. The van der Waals surface area contributed by atoms with E-state index in [9.17, 15) is 5.11 Å².